The fourth-order valence-electron chi connectivity index (χ4n) is 3.00. The Morgan fingerprint density at radius 2 is 1.87 bits per heavy atom. The Hall–Kier alpha value is -3.66. The molecule has 4 N–H and O–H groups in total. The molecular formula is C20H15ClF3N5O2. The van der Waals surface area contributed by atoms with Gasteiger partial charge in [0.25, 0.3) is 0 Å². The monoisotopic (exact) mass is 449 g/mol. The van der Waals surface area contributed by atoms with Crippen molar-refractivity contribution in [3.8, 4) is 0 Å². The molecule has 2 heterocycles. The Balaban J connectivity index is 1.46. The summed E-state index contributed by atoms with van der Waals surface area (Å²) in [5.41, 5.74) is 6.73. The van der Waals surface area contributed by atoms with E-state index in [9.17, 15) is 18.0 Å². The first-order valence-corrected chi connectivity index (χ1v) is 9.30. The Bertz CT molecular complexity index is 1260. The number of halogens is 4. The fourth-order valence-corrected chi connectivity index (χ4v) is 3.17. The number of amides is 2. The molecule has 0 saturated carbocycles. The Labute approximate surface area is 178 Å². The third-order valence-electron chi connectivity index (χ3n) is 4.55. The summed E-state index contributed by atoms with van der Waals surface area (Å²) in [5, 5.41) is 5.54. The number of hydrogen-bond acceptors (Lipinski definition) is 5. The van der Waals surface area contributed by atoms with Crippen molar-refractivity contribution in [3.63, 3.8) is 0 Å². The molecule has 1 aromatic heterocycles. The molecule has 0 saturated heterocycles. The molecule has 0 unspecified atom stereocenters. The Kier molecular flexibility index (Phi) is 5.24. The number of carbonyl (C=O) groups is 1. The first kappa shape index (κ1) is 20.6. The number of alkyl halides is 3. The lowest BCUT2D eigenvalue weighted by Crippen LogP contribution is -2.42. The maximum Gasteiger partial charge on any atom is 0.416 e. The smallest absolute Gasteiger partial charge is 0.416 e. The standard InChI is InChI=1S/C20H15ClF3N5O2/c21-15-6-1-11(20(22,23)24)9-16(15)28-19(30)27-12-2-4-13(5-3-12)29-10-26-18-14(17(29)25)7-8-31-18/h1-9H,10,25H2,(H2,27,28,30). The van der Waals surface area contributed by atoms with E-state index in [0.717, 1.165) is 23.9 Å². The van der Waals surface area contributed by atoms with Crippen LogP contribution >= 0.6 is 11.6 Å². The molecular weight excluding hydrogens is 435 g/mol. The van der Waals surface area contributed by atoms with Gasteiger partial charge in [0.2, 0.25) is 5.55 Å². The molecule has 11 heteroatoms. The van der Waals surface area contributed by atoms with E-state index in [2.05, 4.69) is 15.6 Å². The summed E-state index contributed by atoms with van der Waals surface area (Å²) in [4.78, 5) is 18.3. The number of urea groups is 1. The van der Waals surface area contributed by atoms with Gasteiger partial charge in [-0.2, -0.15) is 13.2 Å². The molecule has 0 spiro atoms. The normalized spacial score (nSPS) is 13.4. The molecule has 0 aliphatic carbocycles. The first-order valence-electron chi connectivity index (χ1n) is 8.92. The summed E-state index contributed by atoms with van der Waals surface area (Å²) < 4.78 is 43.8. The SMILES string of the molecule is NC1=c2ccoc2=NCN1c1ccc(NC(=O)Nc2cc(C(F)(F)F)ccc2Cl)cc1. The molecule has 2 amide bonds. The van der Waals surface area contributed by atoms with Crippen LogP contribution in [0.3, 0.4) is 0 Å². The van der Waals surface area contributed by atoms with Crippen molar-refractivity contribution in [1.29, 1.82) is 0 Å². The van der Waals surface area contributed by atoms with E-state index < -0.39 is 17.8 Å². The molecule has 0 bridgehead atoms. The third-order valence-corrected chi connectivity index (χ3v) is 4.88. The van der Waals surface area contributed by atoms with Gasteiger partial charge in [0.1, 0.15) is 12.5 Å². The van der Waals surface area contributed by atoms with Crippen LogP contribution in [0.15, 0.2) is 64.2 Å². The van der Waals surface area contributed by atoms with Crippen molar-refractivity contribution in [2.45, 2.75) is 6.18 Å². The van der Waals surface area contributed by atoms with E-state index in [1.807, 2.05) is 0 Å². The van der Waals surface area contributed by atoms with Crippen LogP contribution in [0.4, 0.5) is 35.0 Å². The Morgan fingerprint density at radius 3 is 2.58 bits per heavy atom. The number of nitrogens with one attached hydrogen (secondary N) is 2. The predicted molar refractivity (Wildman–Crippen MR) is 110 cm³/mol. The molecule has 1 aliphatic heterocycles. The minimum atomic E-state index is -4.55. The van der Waals surface area contributed by atoms with Crippen molar-refractivity contribution in [1.82, 2.24) is 0 Å². The van der Waals surface area contributed by atoms with Crippen LogP contribution in [-0.4, -0.2) is 12.7 Å². The van der Waals surface area contributed by atoms with Gasteiger partial charge in [-0.15, -0.1) is 0 Å². The van der Waals surface area contributed by atoms with Crippen LogP contribution < -0.4 is 32.0 Å². The lowest BCUT2D eigenvalue weighted by Gasteiger charge is -2.24. The minimum Gasteiger partial charge on any atom is -0.446 e. The molecule has 0 fully saturated rings. The second kappa shape index (κ2) is 7.88. The number of furan rings is 1. The number of hydrogen-bond donors (Lipinski definition) is 3. The van der Waals surface area contributed by atoms with Gasteiger partial charge in [-0.3, -0.25) is 0 Å². The topological polar surface area (TPSA) is 95.9 Å². The number of nitrogens with zero attached hydrogens (tertiary/aromatic N) is 2. The molecule has 0 atom stereocenters. The van der Waals surface area contributed by atoms with E-state index in [4.69, 9.17) is 21.8 Å². The number of anilines is 3. The van der Waals surface area contributed by atoms with E-state index >= 15 is 0 Å². The van der Waals surface area contributed by atoms with Gasteiger partial charge in [-0.1, -0.05) is 11.6 Å². The van der Waals surface area contributed by atoms with E-state index in [1.165, 1.54) is 6.26 Å². The highest BCUT2D eigenvalue weighted by Crippen LogP contribution is 2.34. The number of benzene rings is 2. The number of rotatable bonds is 3. The van der Waals surface area contributed by atoms with Crippen LogP contribution in [0.2, 0.25) is 5.02 Å². The van der Waals surface area contributed by atoms with Crippen molar-refractivity contribution < 1.29 is 22.4 Å². The summed E-state index contributed by atoms with van der Waals surface area (Å²) in [6, 6.07) is 10.4. The van der Waals surface area contributed by atoms with Crippen molar-refractivity contribution in [3.05, 3.63) is 76.2 Å². The molecule has 7 nitrogen and oxygen atoms in total. The third kappa shape index (κ3) is 4.29. The Morgan fingerprint density at radius 1 is 1.13 bits per heavy atom. The van der Waals surface area contributed by atoms with Gasteiger partial charge in [0.05, 0.1) is 27.8 Å². The number of fused-ring (bicyclic) bond motifs is 1. The van der Waals surface area contributed by atoms with Gasteiger partial charge in [0, 0.05) is 11.4 Å². The summed E-state index contributed by atoms with van der Waals surface area (Å²) in [7, 11) is 0. The number of carbonyl (C=O) groups excluding carboxylic acids is 1. The molecule has 31 heavy (non-hydrogen) atoms. The summed E-state index contributed by atoms with van der Waals surface area (Å²) in [5.74, 6) is 0.483. The summed E-state index contributed by atoms with van der Waals surface area (Å²) >= 11 is 5.90. The van der Waals surface area contributed by atoms with Gasteiger partial charge in [0.15, 0.2) is 0 Å². The minimum absolute atomic E-state index is 0.0167. The maximum atomic E-state index is 12.9. The lowest BCUT2D eigenvalue weighted by molar-refractivity contribution is -0.137. The van der Waals surface area contributed by atoms with Crippen molar-refractivity contribution in [2.24, 2.45) is 10.7 Å². The van der Waals surface area contributed by atoms with Crippen LogP contribution in [0.25, 0.3) is 5.82 Å². The average Bonchev–Trinajstić information content (AvgIpc) is 3.20. The summed E-state index contributed by atoms with van der Waals surface area (Å²) in [6.07, 6.45) is -3.04. The highest BCUT2D eigenvalue weighted by Gasteiger charge is 2.31. The zero-order valence-corrected chi connectivity index (χ0v) is 16.5. The quantitative estimate of drug-likeness (QED) is 0.568. The second-order valence-corrected chi connectivity index (χ2v) is 6.98. The molecule has 4 rings (SSSR count). The molecule has 3 aromatic rings. The van der Waals surface area contributed by atoms with E-state index in [0.29, 0.717) is 22.3 Å². The first-order chi connectivity index (χ1) is 14.7. The van der Waals surface area contributed by atoms with Gasteiger partial charge in [-0.05, 0) is 48.5 Å². The molecule has 160 valence electrons. The zero-order chi connectivity index (χ0) is 22.2. The molecule has 0 radical (unpaired) electrons. The predicted octanol–water partition coefficient (Wildman–Crippen LogP) is 3.72. The van der Waals surface area contributed by atoms with E-state index in [-0.39, 0.29) is 17.4 Å². The maximum absolute atomic E-state index is 12.9. The lowest BCUT2D eigenvalue weighted by atomic mass is 10.2. The molecule has 2 aromatic carbocycles. The van der Waals surface area contributed by atoms with Crippen molar-refractivity contribution >= 4 is 40.5 Å². The fraction of sp³-hybridized carbons (Fsp3) is 0.100. The van der Waals surface area contributed by atoms with Crippen LogP contribution in [0.5, 0.6) is 0 Å². The highest BCUT2D eigenvalue weighted by molar-refractivity contribution is 6.33. The van der Waals surface area contributed by atoms with Crippen molar-refractivity contribution in [2.75, 3.05) is 22.2 Å². The summed E-state index contributed by atoms with van der Waals surface area (Å²) in [6.45, 7) is 0.271. The van der Waals surface area contributed by atoms with E-state index in [1.54, 1.807) is 35.2 Å². The van der Waals surface area contributed by atoms with Gasteiger partial charge < -0.3 is 25.7 Å². The van der Waals surface area contributed by atoms with Crippen LogP contribution in [-0.2, 0) is 6.18 Å². The average molecular weight is 450 g/mol. The second-order valence-electron chi connectivity index (χ2n) is 6.57. The zero-order valence-electron chi connectivity index (χ0n) is 15.7. The van der Waals surface area contributed by atoms with Crippen LogP contribution in [0, 0.1) is 0 Å². The number of nitrogens with two attached hydrogens (primary N) is 1. The largest absolute Gasteiger partial charge is 0.446 e. The highest BCUT2D eigenvalue weighted by atomic mass is 35.5. The molecule has 1 aliphatic rings. The van der Waals surface area contributed by atoms with Gasteiger partial charge in [-0.25, -0.2) is 9.79 Å². The van der Waals surface area contributed by atoms with Crippen LogP contribution in [0.1, 0.15) is 5.56 Å². The van der Waals surface area contributed by atoms with Gasteiger partial charge >= 0.3 is 12.2 Å².